The third kappa shape index (κ3) is 9.34. The summed E-state index contributed by atoms with van der Waals surface area (Å²) in [4.78, 5) is 31.8. The Balaban J connectivity index is 0.000000850. The average Bonchev–Trinajstić information content (AvgIpc) is 3.26. The second-order valence-corrected chi connectivity index (χ2v) is 13.7. The Morgan fingerprint density at radius 1 is 1.24 bits per heavy atom. The van der Waals surface area contributed by atoms with Crippen LogP contribution in [-0.4, -0.2) is 94.6 Å². The molecule has 1 aromatic carbocycles. The van der Waals surface area contributed by atoms with Crippen LogP contribution in [0.25, 0.3) is 11.1 Å². The van der Waals surface area contributed by atoms with E-state index in [4.69, 9.17) is 19.8 Å². The second kappa shape index (κ2) is 13.1. The summed E-state index contributed by atoms with van der Waals surface area (Å²) in [6.07, 6.45) is 0.899. The van der Waals surface area contributed by atoms with Crippen molar-refractivity contribution in [2.24, 2.45) is 11.7 Å². The summed E-state index contributed by atoms with van der Waals surface area (Å²) >= 11 is 0. The predicted octanol–water partition coefficient (Wildman–Crippen LogP) is 1.48. The highest BCUT2D eigenvalue weighted by atomic mass is 32.2. The summed E-state index contributed by atoms with van der Waals surface area (Å²) in [5.41, 5.74) is 6.92. The molecule has 41 heavy (non-hydrogen) atoms. The normalized spacial score (nSPS) is 19.3. The molecule has 0 radical (unpaired) electrons. The lowest BCUT2D eigenvalue weighted by Gasteiger charge is -2.27. The molecule has 1 amide bonds. The van der Waals surface area contributed by atoms with Gasteiger partial charge in [0.15, 0.2) is 15.9 Å². The van der Waals surface area contributed by atoms with E-state index in [1.807, 2.05) is 4.90 Å². The molecule has 226 valence electrons. The highest BCUT2D eigenvalue weighted by Gasteiger charge is 2.34. The second-order valence-electron chi connectivity index (χ2n) is 9.96. The van der Waals surface area contributed by atoms with Crippen molar-refractivity contribution >= 4 is 43.5 Å². The maximum absolute atomic E-state index is 15.0. The van der Waals surface area contributed by atoms with Crippen LogP contribution in [0.2, 0.25) is 0 Å². The highest BCUT2D eigenvalue weighted by molar-refractivity contribution is 7.91. The lowest BCUT2D eigenvalue weighted by molar-refractivity contribution is -0.148. The molecule has 3 N–H and O–H groups in total. The first-order valence-electron chi connectivity index (χ1n) is 12.6. The van der Waals surface area contributed by atoms with E-state index in [2.05, 4.69) is 4.98 Å². The van der Waals surface area contributed by atoms with Crippen LogP contribution in [0.4, 0.5) is 20.7 Å². The standard InChI is InChI=1S/C24H29FN4O6S.CH4O3S/c1-15(2)22(26)23(30)34-14-18-13-29(24(31)35-18)17-4-5-19(20(25)11-17)16-3-6-21(27-12-16)28-7-9-36(32,33)10-8-28;1-5(2,3)4/h3-6,11-12,15,18,22H,7-10,13-14,26H2,1-2H3;1H3,(H,2,3,4)/t18?,22-;/m0./s1. The largest absolute Gasteiger partial charge is 0.460 e. The quantitative estimate of drug-likeness (QED) is 0.338. The van der Waals surface area contributed by atoms with Crippen molar-refractivity contribution in [2.75, 3.05) is 53.8 Å². The van der Waals surface area contributed by atoms with Crippen molar-refractivity contribution in [1.29, 1.82) is 0 Å². The SMILES string of the molecule is CC(C)[C@H](N)C(=O)OCC1CN(c2ccc(-c3ccc(N4CCS(=O)(=O)CC4)nc3)c(F)c2)C(=O)O1.CS(=O)(=O)O. The first kappa shape index (κ1) is 32.2. The number of halogens is 1. The molecular weight excluding hydrogens is 583 g/mol. The Hall–Kier alpha value is -3.34. The van der Waals surface area contributed by atoms with E-state index >= 15 is 4.39 Å². The van der Waals surface area contributed by atoms with E-state index in [1.54, 1.807) is 38.1 Å². The molecule has 0 aliphatic carbocycles. The minimum atomic E-state index is -3.67. The number of ether oxygens (including phenoxy) is 2. The minimum absolute atomic E-state index is 0.0836. The number of cyclic esters (lactones) is 1. The Kier molecular flexibility index (Phi) is 10.3. The Morgan fingerprint density at radius 3 is 2.41 bits per heavy atom. The van der Waals surface area contributed by atoms with Crippen LogP contribution in [0.1, 0.15) is 13.8 Å². The monoisotopic (exact) mass is 616 g/mol. The zero-order chi connectivity index (χ0) is 30.5. The molecule has 13 nitrogen and oxygen atoms in total. The molecule has 2 aliphatic rings. The lowest BCUT2D eigenvalue weighted by atomic mass is 10.1. The summed E-state index contributed by atoms with van der Waals surface area (Å²) in [6.45, 7) is 4.31. The van der Waals surface area contributed by atoms with Gasteiger partial charge in [-0.2, -0.15) is 8.42 Å². The topological polar surface area (TPSA) is 186 Å². The van der Waals surface area contributed by atoms with E-state index < -0.39 is 50.0 Å². The molecule has 3 heterocycles. The van der Waals surface area contributed by atoms with Gasteiger partial charge >= 0.3 is 12.1 Å². The summed E-state index contributed by atoms with van der Waals surface area (Å²) < 4.78 is 74.5. The van der Waals surface area contributed by atoms with Crippen LogP contribution in [0, 0.1) is 11.7 Å². The van der Waals surface area contributed by atoms with Gasteiger partial charge in [0.2, 0.25) is 0 Å². The number of carbonyl (C=O) groups excluding carboxylic acids is 2. The molecule has 2 atom stereocenters. The number of hydrogen-bond donors (Lipinski definition) is 2. The van der Waals surface area contributed by atoms with Gasteiger partial charge in [-0.3, -0.25) is 14.2 Å². The molecule has 2 aromatic rings. The van der Waals surface area contributed by atoms with Gasteiger partial charge in [-0.1, -0.05) is 13.8 Å². The average molecular weight is 617 g/mol. The number of nitrogens with zero attached hydrogens (tertiary/aromatic N) is 3. The molecule has 2 fully saturated rings. The molecule has 0 saturated carbocycles. The van der Waals surface area contributed by atoms with Gasteiger partial charge in [0.25, 0.3) is 10.1 Å². The summed E-state index contributed by atoms with van der Waals surface area (Å²) in [7, 11) is -6.66. The number of carbonyl (C=O) groups is 2. The zero-order valence-corrected chi connectivity index (χ0v) is 24.4. The van der Waals surface area contributed by atoms with Crippen LogP contribution >= 0.6 is 0 Å². The number of pyridine rings is 1. The third-order valence-electron chi connectivity index (χ3n) is 6.27. The number of nitrogens with two attached hydrogens (primary N) is 1. The van der Waals surface area contributed by atoms with Crippen molar-refractivity contribution in [3.05, 3.63) is 42.3 Å². The molecule has 4 rings (SSSR count). The van der Waals surface area contributed by atoms with E-state index in [0.717, 1.165) is 0 Å². The number of hydrogen-bond acceptors (Lipinski definition) is 11. The Labute approximate surface area is 238 Å². The number of aromatic nitrogens is 1. The molecule has 0 spiro atoms. The van der Waals surface area contributed by atoms with Crippen molar-refractivity contribution in [1.82, 2.24) is 4.98 Å². The van der Waals surface area contributed by atoms with Gasteiger partial charge in [0.05, 0.1) is 30.0 Å². The predicted molar refractivity (Wildman–Crippen MR) is 149 cm³/mol. The van der Waals surface area contributed by atoms with Gasteiger partial charge in [-0.15, -0.1) is 0 Å². The molecular formula is C25H33FN4O9S2. The van der Waals surface area contributed by atoms with Crippen molar-refractivity contribution in [2.45, 2.75) is 26.0 Å². The first-order chi connectivity index (χ1) is 19.0. The van der Waals surface area contributed by atoms with Crippen LogP contribution in [-0.2, 0) is 34.2 Å². The van der Waals surface area contributed by atoms with Crippen molar-refractivity contribution in [3.63, 3.8) is 0 Å². The van der Waals surface area contributed by atoms with E-state index in [-0.39, 0.29) is 30.6 Å². The summed E-state index contributed by atoms with van der Waals surface area (Å²) in [5, 5.41) is 0. The van der Waals surface area contributed by atoms with Crippen LogP contribution in [0.15, 0.2) is 36.5 Å². The van der Waals surface area contributed by atoms with Crippen molar-refractivity contribution in [3.8, 4) is 11.1 Å². The van der Waals surface area contributed by atoms with Crippen LogP contribution < -0.4 is 15.5 Å². The molecule has 1 unspecified atom stereocenters. The summed E-state index contributed by atoms with van der Waals surface area (Å²) in [5.74, 6) is -0.403. The highest BCUT2D eigenvalue weighted by Crippen LogP contribution is 2.30. The number of esters is 1. The summed E-state index contributed by atoms with van der Waals surface area (Å²) in [6, 6.07) is 7.08. The number of anilines is 2. The van der Waals surface area contributed by atoms with Crippen molar-refractivity contribution < 1.29 is 44.8 Å². The van der Waals surface area contributed by atoms with Gasteiger partial charge in [0.1, 0.15) is 24.3 Å². The number of rotatable bonds is 7. The van der Waals surface area contributed by atoms with Gasteiger partial charge in [-0.25, -0.2) is 22.6 Å². The maximum Gasteiger partial charge on any atom is 0.414 e. The molecule has 1 aromatic heterocycles. The van der Waals surface area contributed by atoms with Crippen LogP contribution in [0.5, 0.6) is 0 Å². The van der Waals surface area contributed by atoms with Gasteiger partial charge in [-0.05, 0) is 36.2 Å². The zero-order valence-electron chi connectivity index (χ0n) is 22.8. The number of amides is 1. The van der Waals surface area contributed by atoms with Gasteiger partial charge < -0.3 is 20.1 Å². The molecule has 2 aliphatic heterocycles. The number of sulfone groups is 1. The first-order valence-corrected chi connectivity index (χ1v) is 16.2. The number of benzene rings is 1. The third-order valence-corrected chi connectivity index (χ3v) is 7.88. The molecule has 2 saturated heterocycles. The van der Waals surface area contributed by atoms with E-state index in [0.29, 0.717) is 42.0 Å². The fourth-order valence-corrected chi connectivity index (χ4v) is 5.14. The van der Waals surface area contributed by atoms with E-state index in [9.17, 15) is 26.4 Å². The fourth-order valence-electron chi connectivity index (χ4n) is 3.94. The fraction of sp³-hybridized carbons (Fsp3) is 0.480. The molecule has 16 heteroatoms. The molecule has 0 bridgehead atoms. The van der Waals surface area contributed by atoms with E-state index in [1.165, 1.54) is 17.2 Å². The Bertz CT molecular complexity index is 1450. The maximum atomic E-state index is 15.0. The van der Waals surface area contributed by atoms with Gasteiger partial charge in [0, 0.05) is 30.4 Å². The Morgan fingerprint density at radius 2 is 1.88 bits per heavy atom. The smallest absolute Gasteiger partial charge is 0.414 e. The lowest BCUT2D eigenvalue weighted by Crippen LogP contribution is -2.40. The van der Waals surface area contributed by atoms with Crippen LogP contribution in [0.3, 0.4) is 0 Å². The minimum Gasteiger partial charge on any atom is -0.460 e.